The first kappa shape index (κ1) is 33.0. The second-order valence-electron chi connectivity index (χ2n) is 15.3. The van der Waals surface area contributed by atoms with Crippen LogP contribution in [0, 0.1) is 23.2 Å². The summed E-state index contributed by atoms with van der Waals surface area (Å²) in [5.74, 6) is -0.691. The Balaban J connectivity index is 1.51. The lowest BCUT2D eigenvalue weighted by Crippen LogP contribution is -2.51. The molecule has 5 rings (SSSR count). The molecule has 2 amide bonds. The van der Waals surface area contributed by atoms with Crippen LogP contribution in [0.4, 0.5) is 0 Å². The van der Waals surface area contributed by atoms with E-state index in [1.165, 1.54) is 5.56 Å². The van der Waals surface area contributed by atoms with E-state index in [1.807, 2.05) is 41.3 Å². The Labute approximate surface area is 268 Å². The molecule has 2 heterocycles. The normalized spacial score (nSPS) is 24.5. The van der Waals surface area contributed by atoms with Gasteiger partial charge in [-0.2, -0.15) is 0 Å². The number of carbonyl (C=O) groups excluding carboxylic acids is 2. The highest BCUT2D eigenvalue weighted by Gasteiger charge is 2.58. The van der Waals surface area contributed by atoms with Crippen molar-refractivity contribution in [3.05, 3.63) is 65.2 Å². The van der Waals surface area contributed by atoms with E-state index in [-0.39, 0.29) is 41.0 Å². The number of ether oxygens (including phenoxy) is 1. The molecule has 0 spiro atoms. The first-order valence-electron chi connectivity index (χ1n) is 16.5. The molecule has 0 bridgehead atoms. The summed E-state index contributed by atoms with van der Waals surface area (Å²) >= 11 is 0. The van der Waals surface area contributed by atoms with E-state index in [2.05, 4.69) is 59.0 Å². The molecule has 8 nitrogen and oxygen atoms in total. The van der Waals surface area contributed by atoms with Crippen molar-refractivity contribution in [2.45, 2.75) is 97.3 Å². The van der Waals surface area contributed by atoms with Gasteiger partial charge >= 0.3 is 5.97 Å². The van der Waals surface area contributed by atoms with Gasteiger partial charge in [-0.05, 0) is 53.7 Å². The molecule has 2 N–H and O–H groups in total. The predicted molar refractivity (Wildman–Crippen MR) is 175 cm³/mol. The number of carbonyl (C=O) groups is 3. The number of amides is 2. The monoisotopic (exact) mass is 617 g/mol. The topological polar surface area (TPSA) is 99.2 Å². The summed E-state index contributed by atoms with van der Waals surface area (Å²) in [6.45, 7) is 14.3. The van der Waals surface area contributed by atoms with Gasteiger partial charge in [0.25, 0.3) is 0 Å². The van der Waals surface area contributed by atoms with Crippen molar-refractivity contribution in [2.75, 3.05) is 20.2 Å². The van der Waals surface area contributed by atoms with Crippen LogP contribution in [0.1, 0.15) is 90.0 Å². The molecule has 2 aromatic carbocycles. The number of piperidine rings is 1. The molecule has 4 atom stereocenters. The van der Waals surface area contributed by atoms with Crippen molar-refractivity contribution in [1.29, 1.82) is 0 Å². The van der Waals surface area contributed by atoms with Crippen LogP contribution in [-0.4, -0.2) is 65.0 Å². The molecule has 1 saturated carbocycles. The Morgan fingerprint density at radius 1 is 0.889 bits per heavy atom. The van der Waals surface area contributed by atoms with Crippen LogP contribution in [0.2, 0.25) is 0 Å². The number of benzene rings is 2. The number of hydrogen-bond donors (Lipinski definition) is 2. The molecule has 3 aliphatic rings. The van der Waals surface area contributed by atoms with Crippen LogP contribution < -0.4 is 10.1 Å². The number of aliphatic carboxylic acids is 1. The maximum absolute atomic E-state index is 14.6. The van der Waals surface area contributed by atoms with Crippen LogP contribution in [-0.2, 0) is 26.3 Å². The number of likely N-dealkylation sites (tertiary alicyclic amines) is 2. The largest absolute Gasteiger partial charge is 0.496 e. The molecule has 1 aliphatic carbocycles. The Hall–Kier alpha value is -3.39. The molecule has 2 aromatic rings. The Bertz CT molecular complexity index is 1380. The number of nitrogens with zero attached hydrogens (tertiary/aromatic N) is 2. The number of carboxylic acids is 1. The molecule has 3 fully saturated rings. The first-order chi connectivity index (χ1) is 21.2. The summed E-state index contributed by atoms with van der Waals surface area (Å²) in [7, 11) is 1.67. The number of methoxy groups -OCH3 is 1. The minimum Gasteiger partial charge on any atom is -0.496 e. The summed E-state index contributed by atoms with van der Waals surface area (Å²) in [6, 6.07) is 14.3. The average Bonchev–Trinajstić information content (AvgIpc) is 3.79. The molecular formula is C37H51N3O5. The van der Waals surface area contributed by atoms with Crippen molar-refractivity contribution < 1.29 is 24.2 Å². The molecule has 0 radical (unpaired) electrons. The smallest absolute Gasteiger partial charge is 0.326 e. The molecule has 0 unspecified atom stereocenters. The lowest BCUT2D eigenvalue weighted by molar-refractivity contribution is -0.155. The van der Waals surface area contributed by atoms with E-state index in [0.717, 1.165) is 29.7 Å². The summed E-state index contributed by atoms with van der Waals surface area (Å²) in [5.41, 5.74) is 2.61. The third-order valence-corrected chi connectivity index (χ3v) is 10.1. The maximum atomic E-state index is 14.6. The van der Waals surface area contributed by atoms with Crippen molar-refractivity contribution in [3.63, 3.8) is 0 Å². The highest BCUT2D eigenvalue weighted by atomic mass is 16.5. The number of carboxylic acid groups (broad SMARTS) is 1. The second kappa shape index (κ2) is 12.8. The van der Waals surface area contributed by atoms with Gasteiger partial charge in [0.1, 0.15) is 11.8 Å². The van der Waals surface area contributed by atoms with Crippen LogP contribution >= 0.6 is 0 Å². The maximum Gasteiger partial charge on any atom is 0.326 e. The van der Waals surface area contributed by atoms with Gasteiger partial charge in [0, 0.05) is 49.0 Å². The summed E-state index contributed by atoms with van der Waals surface area (Å²) < 4.78 is 5.75. The predicted octanol–water partition coefficient (Wildman–Crippen LogP) is 5.80. The highest BCUT2D eigenvalue weighted by molar-refractivity contribution is 5.87. The average molecular weight is 618 g/mol. The third-order valence-electron chi connectivity index (χ3n) is 10.1. The van der Waals surface area contributed by atoms with E-state index in [4.69, 9.17) is 4.74 Å². The Morgan fingerprint density at radius 3 is 2.04 bits per heavy atom. The molecule has 8 heteroatoms. The van der Waals surface area contributed by atoms with Gasteiger partial charge in [-0.1, -0.05) is 84.0 Å². The van der Waals surface area contributed by atoms with Gasteiger partial charge in [0.15, 0.2) is 0 Å². The van der Waals surface area contributed by atoms with Crippen LogP contribution in [0.3, 0.4) is 0 Å². The number of hydrogen-bond acceptors (Lipinski definition) is 5. The van der Waals surface area contributed by atoms with Gasteiger partial charge in [-0.3, -0.25) is 9.59 Å². The van der Waals surface area contributed by atoms with Gasteiger partial charge in [0.05, 0.1) is 13.2 Å². The molecule has 2 saturated heterocycles. The zero-order valence-corrected chi connectivity index (χ0v) is 28.0. The second-order valence-corrected chi connectivity index (χ2v) is 15.3. The molecule has 2 aliphatic heterocycles. The van der Waals surface area contributed by atoms with Gasteiger partial charge in [0.2, 0.25) is 11.8 Å². The van der Waals surface area contributed by atoms with Crippen molar-refractivity contribution in [3.8, 4) is 5.75 Å². The minimum atomic E-state index is -1.01. The van der Waals surface area contributed by atoms with Crippen molar-refractivity contribution in [2.24, 2.45) is 23.2 Å². The fraction of sp³-hybridized carbons (Fsp3) is 0.595. The minimum absolute atomic E-state index is 0.0502. The lowest BCUT2D eigenvalue weighted by atomic mass is 9.72. The summed E-state index contributed by atoms with van der Waals surface area (Å²) in [5, 5.41) is 14.6. The van der Waals surface area contributed by atoms with Crippen LogP contribution in [0.15, 0.2) is 48.5 Å². The SMILES string of the molecule is COc1ccc(C(C)(C)C)cc1CN[C@H]1[C@H](C(C)(C)C)[C@@H](C(=O)O)N(C(=O)C2CCN(C(=O)C3CC3)CC2)[C@H]1c1ccccc1. The van der Waals surface area contributed by atoms with Crippen LogP contribution in [0.25, 0.3) is 0 Å². The quantitative estimate of drug-likeness (QED) is 0.389. The fourth-order valence-electron chi connectivity index (χ4n) is 7.48. The Kier molecular flexibility index (Phi) is 9.37. The lowest BCUT2D eigenvalue weighted by Gasteiger charge is -2.37. The van der Waals surface area contributed by atoms with Gasteiger partial charge in [-0.15, -0.1) is 0 Å². The zero-order valence-electron chi connectivity index (χ0n) is 28.0. The summed E-state index contributed by atoms with van der Waals surface area (Å²) in [6.07, 6.45) is 3.02. The van der Waals surface area contributed by atoms with E-state index >= 15 is 0 Å². The molecule has 244 valence electrons. The van der Waals surface area contributed by atoms with Crippen LogP contribution in [0.5, 0.6) is 5.75 Å². The molecule has 45 heavy (non-hydrogen) atoms. The first-order valence-corrected chi connectivity index (χ1v) is 16.5. The molecule has 0 aromatic heterocycles. The fourth-order valence-corrected chi connectivity index (χ4v) is 7.48. The van der Waals surface area contributed by atoms with E-state index < -0.39 is 23.5 Å². The molecular weight excluding hydrogens is 566 g/mol. The Morgan fingerprint density at radius 2 is 1.51 bits per heavy atom. The third kappa shape index (κ3) is 6.91. The number of rotatable bonds is 8. The number of nitrogens with one attached hydrogen (secondary N) is 1. The van der Waals surface area contributed by atoms with Gasteiger partial charge < -0.3 is 25.0 Å². The van der Waals surface area contributed by atoms with Crippen molar-refractivity contribution in [1.82, 2.24) is 15.1 Å². The highest BCUT2D eigenvalue weighted by Crippen LogP contribution is 2.49. The van der Waals surface area contributed by atoms with E-state index in [1.54, 1.807) is 12.0 Å². The van der Waals surface area contributed by atoms with E-state index in [9.17, 15) is 19.5 Å². The van der Waals surface area contributed by atoms with Crippen molar-refractivity contribution >= 4 is 17.8 Å². The zero-order chi connectivity index (χ0) is 32.7. The standard InChI is InChI=1S/C37H51N3O5/c1-36(2,3)27-15-16-28(45-7)26(21-27)22-38-30-29(37(4,5)6)32(35(43)44)40(31(30)23-11-9-8-10-12-23)34(42)25-17-19-39(20-18-25)33(41)24-13-14-24/h8-12,15-16,21,24-25,29-32,38H,13-14,17-20,22H2,1-7H3,(H,43,44)/t29-,30-,31-,32-/m0/s1. The van der Waals surface area contributed by atoms with E-state index in [0.29, 0.717) is 32.5 Å². The summed E-state index contributed by atoms with van der Waals surface area (Å²) in [4.78, 5) is 44.1. The van der Waals surface area contributed by atoms with Gasteiger partial charge in [-0.25, -0.2) is 4.79 Å².